The molecule has 3 N–H and O–H groups in total. The van der Waals surface area contributed by atoms with E-state index in [2.05, 4.69) is 31.3 Å². The van der Waals surface area contributed by atoms with Crippen LogP contribution < -0.4 is 5.32 Å². The SMILES string of the molecule is CCCCCCCC/C=C\CCCCCCCC(=O)OCCCCCCCCCCCCCCCCCCCCCC(=O)NC(CO)C(O)/C=C/CCCCCCCCCCCCCCCCCC. The highest BCUT2D eigenvalue weighted by molar-refractivity contribution is 5.76. The first-order chi connectivity index (χ1) is 34.0. The van der Waals surface area contributed by atoms with E-state index >= 15 is 0 Å². The summed E-state index contributed by atoms with van der Waals surface area (Å²) in [5.41, 5.74) is 0. The van der Waals surface area contributed by atoms with Crippen LogP contribution in [0.4, 0.5) is 0 Å². The van der Waals surface area contributed by atoms with Crippen LogP contribution in [0.5, 0.6) is 0 Å². The van der Waals surface area contributed by atoms with Gasteiger partial charge in [-0.05, 0) is 57.8 Å². The highest BCUT2D eigenvalue weighted by atomic mass is 16.5. The lowest BCUT2D eigenvalue weighted by molar-refractivity contribution is -0.143. The van der Waals surface area contributed by atoms with Crippen molar-refractivity contribution in [1.29, 1.82) is 0 Å². The van der Waals surface area contributed by atoms with Gasteiger partial charge in [-0.25, -0.2) is 0 Å². The molecule has 0 fully saturated rings. The lowest BCUT2D eigenvalue weighted by Crippen LogP contribution is -2.45. The topological polar surface area (TPSA) is 95.9 Å². The minimum Gasteiger partial charge on any atom is -0.466 e. The molecule has 0 spiro atoms. The number of carbonyl (C=O) groups is 2. The van der Waals surface area contributed by atoms with Crippen molar-refractivity contribution in [3.05, 3.63) is 24.3 Å². The summed E-state index contributed by atoms with van der Waals surface area (Å²) in [4.78, 5) is 24.5. The number of carbonyl (C=O) groups excluding carboxylic acids is 2. The quantitative estimate of drug-likeness (QED) is 0.0321. The number of nitrogens with one attached hydrogen (secondary N) is 1. The molecule has 0 radical (unpaired) electrons. The normalized spacial score (nSPS) is 12.7. The van der Waals surface area contributed by atoms with Gasteiger partial charge in [0.1, 0.15) is 0 Å². The highest BCUT2D eigenvalue weighted by Gasteiger charge is 2.18. The van der Waals surface area contributed by atoms with Crippen LogP contribution in [0.15, 0.2) is 24.3 Å². The number of allylic oxidation sites excluding steroid dienone is 3. The lowest BCUT2D eigenvalue weighted by Gasteiger charge is -2.20. The molecule has 0 aromatic carbocycles. The molecule has 1 amide bonds. The molecule has 0 saturated heterocycles. The van der Waals surface area contributed by atoms with Crippen LogP contribution in [0.25, 0.3) is 0 Å². The molecule has 408 valence electrons. The average Bonchev–Trinajstić information content (AvgIpc) is 3.35. The standard InChI is InChI=1S/C63H121NO5/c1-3-5-7-9-11-13-15-17-19-20-24-28-31-35-39-43-47-51-55-61(66)60(59-65)64-62(67)56-52-48-44-40-36-32-29-25-22-21-23-26-30-34-38-42-46-50-54-58-69-63(68)57-53-49-45-41-37-33-27-18-16-14-12-10-8-6-4-2/h18,27,51,55,60-61,65-66H,3-17,19-26,28-50,52-54,56-59H2,1-2H3,(H,64,67)/b27-18-,55-51+. The van der Waals surface area contributed by atoms with Crippen molar-refractivity contribution in [2.24, 2.45) is 0 Å². The number of hydrogen-bond acceptors (Lipinski definition) is 5. The number of rotatable bonds is 58. The summed E-state index contributed by atoms with van der Waals surface area (Å²) in [6.07, 6.45) is 72.1. The van der Waals surface area contributed by atoms with Gasteiger partial charge in [-0.1, -0.05) is 295 Å². The summed E-state index contributed by atoms with van der Waals surface area (Å²) < 4.78 is 5.48. The van der Waals surface area contributed by atoms with Gasteiger partial charge in [-0.2, -0.15) is 0 Å². The molecule has 2 unspecified atom stereocenters. The molecule has 0 rings (SSSR count). The van der Waals surface area contributed by atoms with Gasteiger partial charge in [0.15, 0.2) is 0 Å². The Morgan fingerprint density at radius 3 is 1.03 bits per heavy atom. The molecule has 0 aliphatic heterocycles. The molecule has 0 aromatic rings. The first-order valence-corrected chi connectivity index (χ1v) is 31.1. The van der Waals surface area contributed by atoms with E-state index in [1.807, 2.05) is 6.08 Å². The Labute approximate surface area is 431 Å². The van der Waals surface area contributed by atoms with E-state index in [0.717, 1.165) is 44.9 Å². The lowest BCUT2D eigenvalue weighted by atomic mass is 10.0. The van der Waals surface area contributed by atoms with E-state index in [0.29, 0.717) is 19.4 Å². The summed E-state index contributed by atoms with van der Waals surface area (Å²) in [5.74, 6) is -0.0676. The van der Waals surface area contributed by atoms with Gasteiger partial charge in [0, 0.05) is 12.8 Å². The molecule has 2 atom stereocenters. The van der Waals surface area contributed by atoms with Crippen LogP contribution in [0.1, 0.15) is 341 Å². The number of esters is 1. The largest absolute Gasteiger partial charge is 0.466 e. The Bertz CT molecular complexity index is 1080. The monoisotopic (exact) mass is 972 g/mol. The van der Waals surface area contributed by atoms with Crippen LogP contribution >= 0.6 is 0 Å². The summed E-state index contributed by atoms with van der Waals surface area (Å²) in [6, 6.07) is -0.630. The number of aliphatic hydroxyl groups is 2. The Morgan fingerprint density at radius 1 is 0.391 bits per heavy atom. The van der Waals surface area contributed by atoms with Crippen molar-refractivity contribution >= 4 is 11.9 Å². The van der Waals surface area contributed by atoms with Gasteiger partial charge in [0.2, 0.25) is 5.91 Å². The van der Waals surface area contributed by atoms with E-state index in [4.69, 9.17) is 4.74 Å². The third kappa shape index (κ3) is 55.5. The number of aliphatic hydroxyl groups excluding tert-OH is 2. The van der Waals surface area contributed by atoms with Crippen LogP contribution in [-0.4, -0.2) is 47.4 Å². The first kappa shape index (κ1) is 67.3. The number of ether oxygens (including phenoxy) is 1. The van der Waals surface area contributed by atoms with E-state index < -0.39 is 12.1 Å². The van der Waals surface area contributed by atoms with E-state index in [1.165, 1.54) is 270 Å². The highest BCUT2D eigenvalue weighted by Crippen LogP contribution is 2.17. The van der Waals surface area contributed by atoms with Gasteiger partial charge in [0.25, 0.3) is 0 Å². The molecule has 0 aromatic heterocycles. The van der Waals surface area contributed by atoms with Crippen molar-refractivity contribution < 1.29 is 24.5 Å². The molecule has 69 heavy (non-hydrogen) atoms. The third-order valence-electron chi connectivity index (χ3n) is 14.5. The average molecular weight is 973 g/mol. The summed E-state index contributed by atoms with van der Waals surface area (Å²) in [7, 11) is 0. The third-order valence-corrected chi connectivity index (χ3v) is 14.5. The minimum absolute atomic E-state index is 0.000848. The smallest absolute Gasteiger partial charge is 0.305 e. The predicted molar refractivity (Wildman–Crippen MR) is 301 cm³/mol. The Kier molecular flexibility index (Phi) is 57.5. The van der Waals surface area contributed by atoms with E-state index in [-0.39, 0.29) is 18.5 Å². The Hall–Kier alpha value is -1.66. The second kappa shape index (κ2) is 58.9. The van der Waals surface area contributed by atoms with Gasteiger partial charge in [0.05, 0.1) is 25.4 Å². The summed E-state index contributed by atoms with van der Waals surface area (Å²) in [5, 5.41) is 23.2. The molecular formula is C63H121NO5. The first-order valence-electron chi connectivity index (χ1n) is 31.1. The Balaban J connectivity index is 3.43. The predicted octanol–water partition coefficient (Wildman–Crippen LogP) is 19.4. The zero-order valence-corrected chi connectivity index (χ0v) is 46.6. The summed E-state index contributed by atoms with van der Waals surface area (Å²) >= 11 is 0. The molecule has 0 heterocycles. The van der Waals surface area contributed by atoms with E-state index in [9.17, 15) is 19.8 Å². The Morgan fingerprint density at radius 2 is 0.681 bits per heavy atom. The molecule has 0 aliphatic carbocycles. The fourth-order valence-corrected chi connectivity index (χ4v) is 9.69. The zero-order valence-electron chi connectivity index (χ0n) is 46.6. The zero-order chi connectivity index (χ0) is 50.0. The second-order valence-electron chi connectivity index (χ2n) is 21.4. The minimum atomic E-state index is -0.847. The van der Waals surface area contributed by atoms with Crippen molar-refractivity contribution in [3.8, 4) is 0 Å². The number of hydrogen-bond donors (Lipinski definition) is 3. The van der Waals surface area contributed by atoms with Gasteiger partial charge >= 0.3 is 5.97 Å². The maximum Gasteiger partial charge on any atom is 0.305 e. The number of amides is 1. The molecule has 0 aliphatic rings. The van der Waals surface area contributed by atoms with Crippen molar-refractivity contribution in [2.75, 3.05) is 13.2 Å². The molecule has 6 heteroatoms. The summed E-state index contributed by atoms with van der Waals surface area (Å²) in [6.45, 7) is 4.91. The van der Waals surface area contributed by atoms with Crippen molar-refractivity contribution in [1.82, 2.24) is 5.32 Å². The second-order valence-corrected chi connectivity index (χ2v) is 21.4. The van der Waals surface area contributed by atoms with Crippen LogP contribution in [-0.2, 0) is 14.3 Å². The van der Waals surface area contributed by atoms with Crippen LogP contribution in [0.2, 0.25) is 0 Å². The fraction of sp³-hybridized carbons (Fsp3) is 0.905. The fourth-order valence-electron chi connectivity index (χ4n) is 9.69. The van der Waals surface area contributed by atoms with Crippen molar-refractivity contribution in [2.45, 2.75) is 353 Å². The van der Waals surface area contributed by atoms with E-state index in [1.54, 1.807) is 6.08 Å². The molecular weight excluding hydrogens is 851 g/mol. The number of unbranched alkanes of at least 4 members (excludes halogenated alkanes) is 45. The van der Waals surface area contributed by atoms with Crippen LogP contribution in [0.3, 0.4) is 0 Å². The van der Waals surface area contributed by atoms with Gasteiger partial charge < -0.3 is 20.3 Å². The maximum atomic E-state index is 12.5. The maximum absolute atomic E-state index is 12.5. The van der Waals surface area contributed by atoms with Gasteiger partial charge in [-0.3, -0.25) is 9.59 Å². The van der Waals surface area contributed by atoms with Crippen LogP contribution in [0, 0.1) is 0 Å². The molecule has 6 nitrogen and oxygen atoms in total. The van der Waals surface area contributed by atoms with Gasteiger partial charge in [-0.15, -0.1) is 0 Å². The molecule has 0 bridgehead atoms. The molecule has 0 saturated carbocycles. The van der Waals surface area contributed by atoms with Crippen molar-refractivity contribution in [3.63, 3.8) is 0 Å².